The van der Waals surface area contributed by atoms with Crippen LogP contribution in [0.25, 0.3) is 54.3 Å². The van der Waals surface area contributed by atoms with Crippen molar-refractivity contribution in [3.8, 4) is 60.0 Å². The maximum Gasteiger partial charge on any atom is 0.333 e. The molecule has 0 spiro atoms. The van der Waals surface area contributed by atoms with Gasteiger partial charge in [-0.15, -0.1) is 11.3 Å². The molecule has 2 aliphatic rings. The van der Waals surface area contributed by atoms with Crippen molar-refractivity contribution in [3.63, 3.8) is 0 Å². The highest BCUT2D eigenvalue weighted by Crippen LogP contribution is 2.58. The number of unbranched alkanes of at least 4 members (excludes halogenated alkanes) is 23. The Morgan fingerprint density at radius 2 is 0.747 bits per heavy atom. The van der Waals surface area contributed by atoms with Crippen molar-refractivity contribution in [2.24, 2.45) is 0 Å². The van der Waals surface area contributed by atoms with E-state index in [1.165, 1.54) is 246 Å². The Labute approximate surface area is 508 Å². The fraction of sp³-hybridized carbons (Fsp3) is 0.532. The smallest absolute Gasteiger partial charge is 0.333 e. The number of ether oxygens (including phenoxy) is 2. The predicted octanol–water partition coefficient (Wildman–Crippen LogP) is 24.7. The highest BCUT2D eigenvalue weighted by atomic mass is 32.1. The van der Waals surface area contributed by atoms with Crippen LogP contribution in [0.5, 0.6) is 5.75 Å². The summed E-state index contributed by atoms with van der Waals surface area (Å²) in [5.74, 6) is 0.672. The van der Waals surface area contributed by atoms with E-state index >= 15 is 0 Å². The molecule has 0 fully saturated rings. The largest absolute Gasteiger partial charge is 0.494 e. The number of hydrogen-bond donors (Lipinski definition) is 0. The third-order valence-corrected chi connectivity index (χ3v) is 20.1. The summed E-state index contributed by atoms with van der Waals surface area (Å²) in [6.07, 6.45) is 40.3. The molecule has 1 heterocycles. The molecule has 0 atom stereocenters. The molecule has 2 aliphatic carbocycles. The van der Waals surface area contributed by atoms with Gasteiger partial charge in [0.05, 0.1) is 13.2 Å². The molecular formula is C79H106O3S. The Kier molecular flexibility index (Phi) is 25.3. The molecule has 5 aromatic carbocycles. The minimum Gasteiger partial charge on any atom is -0.494 e. The second-order valence-corrected chi connectivity index (χ2v) is 26.5. The van der Waals surface area contributed by atoms with Gasteiger partial charge in [-0.25, -0.2) is 4.79 Å². The van der Waals surface area contributed by atoms with Crippen molar-refractivity contribution in [2.75, 3.05) is 13.2 Å². The molecule has 0 saturated heterocycles. The van der Waals surface area contributed by atoms with Gasteiger partial charge in [0.15, 0.2) is 0 Å². The maximum absolute atomic E-state index is 11.6. The summed E-state index contributed by atoms with van der Waals surface area (Å²) in [6.45, 7) is 18.3. The first kappa shape index (κ1) is 63.8. The van der Waals surface area contributed by atoms with Crippen LogP contribution >= 0.6 is 11.3 Å². The second kappa shape index (κ2) is 32.9. The molecule has 0 saturated carbocycles. The molecule has 446 valence electrons. The molecule has 8 rings (SSSR count). The molecule has 0 N–H and O–H groups in total. The average molecular weight is 1140 g/mol. The van der Waals surface area contributed by atoms with Gasteiger partial charge < -0.3 is 9.47 Å². The summed E-state index contributed by atoms with van der Waals surface area (Å²) in [5, 5.41) is 0. The molecule has 0 unspecified atom stereocenters. The van der Waals surface area contributed by atoms with E-state index in [9.17, 15) is 4.79 Å². The summed E-state index contributed by atoms with van der Waals surface area (Å²) >= 11 is 1.92. The number of carbonyl (C=O) groups excluding carboxylic acids is 1. The van der Waals surface area contributed by atoms with Crippen molar-refractivity contribution < 1.29 is 14.3 Å². The van der Waals surface area contributed by atoms with Crippen LogP contribution in [0.3, 0.4) is 0 Å². The molecular weight excluding hydrogens is 1030 g/mol. The average Bonchev–Trinajstić information content (AvgIpc) is 4.39. The number of esters is 1. The van der Waals surface area contributed by atoms with Crippen molar-refractivity contribution in [1.29, 1.82) is 0 Å². The van der Waals surface area contributed by atoms with Crippen LogP contribution in [-0.4, -0.2) is 19.2 Å². The van der Waals surface area contributed by atoms with Crippen molar-refractivity contribution >= 4 is 17.3 Å². The lowest BCUT2D eigenvalue weighted by Gasteiger charge is -2.34. The number of thiophene rings is 1. The number of hydrogen-bond acceptors (Lipinski definition) is 4. The van der Waals surface area contributed by atoms with Crippen molar-refractivity contribution in [3.05, 3.63) is 149 Å². The fourth-order valence-electron chi connectivity index (χ4n) is 14.2. The molecule has 0 radical (unpaired) electrons. The van der Waals surface area contributed by atoms with Gasteiger partial charge in [-0.1, -0.05) is 261 Å². The summed E-state index contributed by atoms with van der Waals surface area (Å²) in [5.41, 5.74) is 19.6. The van der Waals surface area contributed by atoms with Gasteiger partial charge in [0.2, 0.25) is 0 Å². The predicted molar refractivity (Wildman–Crippen MR) is 360 cm³/mol. The first-order valence-electron chi connectivity index (χ1n) is 33.9. The number of benzene rings is 5. The Morgan fingerprint density at radius 1 is 0.398 bits per heavy atom. The Bertz CT molecular complexity index is 2920. The van der Waals surface area contributed by atoms with Gasteiger partial charge in [0.25, 0.3) is 0 Å². The zero-order valence-electron chi connectivity index (χ0n) is 52.8. The Morgan fingerprint density at radius 3 is 1.20 bits per heavy atom. The van der Waals surface area contributed by atoms with Gasteiger partial charge in [-0.2, -0.15) is 0 Å². The van der Waals surface area contributed by atoms with E-state index in [-0.39, 0.29) is 16.8 Å². The van der Waals surface area contributed by atoms with Crippen LogP contribution in [0, 0.1) is 6.92 Å². The SMILES string of the molecule is C=C(C)C(=O)OCCCCCCCCCCOc1ccc(-c2ccc(-c3ccc4c(c3)C(CCCCCC)(CCCCCC)c3cc(-c5ccc6c(c5)C(CCCCCCCC)(CCCCCCCC)c5cc(C)ccc5-6)ccc3-4)s2)cc1. The third kappa shape index (κ3) is 16.6. The molecule has 0 amide bonds. The fourth-order valence-corrected chi connectivity index (χ4v) is 15.2. The molecule has 83 heavy (non-hydrogen) atoms. The lowest BCUT2D eigenvalue weighted by molar-refractivity contribution is -0.139. The normalized spacial score (nSPS) is 13.4. The van der Waals surface area contributed by atoms with E-state index in [0.29, 0.717) is 12.2 Å². The molecule has 0 aliphatic heterocycles. The van der Waals surface area contributed by atoms with E-state index in [2.05, 4.69) is 150 Å². The van der Waals surface area contributed by atoms with Gasteiger partial charge in [-0.3, -0.25) is 0 Å². The van der Waals surface area contributed by atoms with Crippen LogP contribution in [0.1, 0.15) is 268 Å². The van der Waals surface area contributed by atoms with E-state index < -0.39 is 0 Å². The molecule has 1 aromatic heterocycles. The first-order valence-corrected chi connectivity index (χ1v) is 34.7. The second-order valence-electron chi connectivity index (χ2n) is 25.4. The van der Waals surface area contributed by atoms with E-state index in [1.54, 1.807) is 29.2 Å². The molecule has 0 bridgehead atoms. The van der Waals surface area contributed by atoms with Gasteiger partial charge in [-0.05, 0) is 174 Å². The number of aryl methyl sites for hydroxylation is 1. The summed E-state index contributed by atoms with van der Waals surface area (Å²) in [7, 11) is 0. The van der Waals surface area contributed by atoms with E-state index in [0.717, 1.165) is 31.6 Å². The Balaban J connectivity index is 1.02. The van der Waals surface area contributed by atoms with Crippen LogP contribution in [-0.2, 0) is 20.4 Å². The summed E-state index contributed by atoms with van der Waals surface area (Å²) in [6, 6.07) is 43.9. The lowest BCUT2D eigenvalue weighted by Crippen LogP contribution is -2.26. The minimum atomic E-state index is -0.278. The Hall–Kier alpha value is -5.19. The number of carbonyl (C=O) groups is 1. The highest BCUT2D eigenvalue weighted by Gasteiger charge is 2.44. The summed E-state index contributed by atoms with van der Waals surface area (Å²) in [4.78, 5) is 14.2. The topological polar surface area (TPSA) is 35.5 Å². The molecule has 3 nitrogen and oxygen atoms in total. The molecule has 4 heteroatoms. The van der Waals surface area contributed by atoms with Crippen molar-refractivity contribution in [1.82, 2.24) is 0 Å². The first-order chi connectivity index (χ1) is 40.7. The van der Waals surface area contributed by atoms with Gasteiger partial charge >= 0.3 is 5.97 Å². The standard InChI is InChI=1S/C79H106O3S/c1-8-12-16-20-26-32-52-78(53-33-27-21-17-13-9-2)71-56-61(7)36-44-67(71)68-45-39-63(57-72(68)78)64-40-46-69-70-47-41-65(59-74(70)79(73(69)58-64,50-30-18-14-10-3)51-31-19-15-11-4)76-49-48-75(83-76)62-37-42-66(43-38-62)81-54-34-28-24-22-23-25-29-35-55-82-77(80)60(5)6/h36-49,56-59H,5,8-35,50-55H2,1-4,6-7H3. The summed E-state index contributed by atoms with van der Waals surface area (Å²) < 4.78 is 11.4. The molecule has 6 aromatic rings. The maximum atomic E-state index is 11.6. The van der Waals surface area contributed by atoms with Crippen LogP contribution in [0.15, 0.2) is 121 Å². The number of fused-ring (bicyclic) bond motifs is 6. The minimum absolute atomic E-state index is 0.0249. The van der Waals surface area contributed by atoms with Gasteiger partial charge in [0, 0.05) is 26.2 Å². The lowest BCUT2D eigenvalue weighted by atomic mass is 9.69. The van der Waals surface area contributed by atoms with Crippen LogP contribution in [0.2, 0.25) is 0 Å². The van der Waals surface area contributed by atoms with E-state index in [1.807, 2.05) is 11.3 Å². The zero-order chi connectivity index (χ0) is 58.3. The van der Waals surface area contributed by atoms with Crippen LogP contribution < -0.4 is 4.74 Å². The monoisotopic (exact) mass is 1130 g/mol. The third-order valence-electron chi connectivity index (χ3n) is 19.0. The van der Waals surface area contributed by atoms with Gasteiger partial charge in [0.1, 0.15) is 5.75 Å². The van der Waals surface area contributed by atoms with Crippen molar-refractivity contribution in [2.45, 2.75) is 258 Å². The zero-order valence-corrected chi connectivity index (χ0v) is 53.6. The van der Waals surface area contributed by atoms with E-state index in [4.69, 9.17) is 9.47 Å². The number of rotatable bonds is 40. The van der Waals surface area contributed by atoms with Crippen LogP contribution in [0.4, 0.5) is 0 Å². The quantitative estimate of drug-likeness (QED) is 0.0219. The highest BCUT2D eigenvalue weighted by molar-refractivity contribution is 7.18.